The Labute approximate surface area is 128 Å². The summed E-state index contributed by atoms with van der Waals surface area (Å²) in [6.07, 6.45) is 14.0. The Balaban J connectivity index is 1.64. The van der Waals surface area contributed by atoms with Crippen molar-refractivity contribution in [2.75, 3.05) is 0 Å². The molecule has 2 fully saturated rings. The maximum Gasteiger partial charge on any atom is 0.114 e. The summed E-state index contributed by atoms with van der Waals surface area (Å²) >= 11 is 0. The first-order chi connectivity index (χ1) is 10.3. The number of allylic oxidation sites excluding steroid dienone is 2. The molecule has 0 amide bonds. The fraction of sp³-hybridized carbons (Fsp3) is 0.684. The fourth-order valence-electron chi connectivity index (χ4n) is 4.98. The topological polar surface area (TPSA) is 24.7 Å². The van der Waals surface area contributed by atoms with Crippen LogP contribution >= 0.6 is 0 Å². The average Bonchev–Trinajstić information content (AvgIpc) is 3.17. The molecule has 2 heterocycles. The number of aliphatic imine (C=N–C) groups is 2. The largest absolute Gasteiger partial charge is 0.275 e. The first kappa shape index (κ1) is 13.5. The highest BCUT2D eigenvalue weighted by atomic mass is 14.9. The zero-order valence-corrected chi connectivity index (χ0v) is 13.3. The van der Waals surface area contributed by atoms with E-state index in [1.165, 1.54) is 55.6 Å². The number of hydrogen-bond donors (Lipinski definition) is 0. The van der Waals surface area contributed by atoms with Gasteiger partial charge in [-0.1, -0.05) is 13.3 Å². The first-order valence-electron chi connectivity index (χ1n) is 8.81. The predicted octanol–water partition coefficient (Wildman–Crippen LogP) is 4.72. The Hall–Kier alpha value is -1.18. The van der Waals surface area contributed by atoms with Crippen LogP contribution in [0.25, 0.3) is 0 Å². The van der Waals surface area contributed by atoms with Gasteiger partial charge >= 0.3 is 0 Å². The van der Waals surface area contributed by atoms with E-state index in [0.29, 0.717) is 0 Å². The number of fused-ring (bicyclic) bond motifs is 3. The molecule has 2 nitrogen and oxygen atoms in total. The van der Waals surface area contributed by atoms with Gasteiger partial charge in [-0.05, 0) is 80.9 Å². The molecule has 0 aromatic carbocycles. The molecule has 1 atom stereocenters. The van der Waals surface area contributed by atoms with Crippen LogP contribution in [0.15, 0.2) is 33.4 Å². The van der Waals surface area contributed by atoms with Crippen molar-refractivity contribution < 1.29 is 0 Å². The van der Waals surface area contributed by atoms with Crippen LogP contribution < -0.4 is 0 Å². The molecule has 21 heavy (non-hydrogen) atoms. The van der Waals surface area contributed by atoms with Gasteiger partial charge in [0.05, 0.1) is 5.70 Å². The van der Waals surface area contributed by atoms with E-state index in [9.17, 15) is 0 Å². The Bertz CT molecular complexity index is 544. The molecule has 2 aliphatic heterocycles. The molecule has 0 N–H and O–H groups in total. The van der Waals surface area contributed by atoms with E-state index in [0.717, 1.165) is 24.2 Å². The van der Waals surface area contributed by atoms with Gasteiger partial charge in [0.1, 0.15) is 6.04 Å². The van der Waals surface area contributed by atoms with Crippen molar-refractivity contribution in [1.29, 1.82) is 0 Å². The molecule has 2 aliphatic carbocycles. The lowest BCUT2D eigenvalue weighted by Crippen LogP contribution is -2.24. The lowest BCUT2D eigenvalue weighted by molar-refractivity contribution is 0.453. The molecule has 112 valence electrons. The molecular formula is C19H26N2. The minimum absolute atomic E-state index is 0.270. The van der Waals surface area contributed by atoms with Gasteiger partial charge in [-0.2, -0.15) is 0 Å². The molecule has 1 unspecified atom stereocenters. The summed E-state index contributed by atoms with van der Waals surface area (Å²) in [6, 6.07) is 0.270. The van der Waals surface area contributed by atoms with Gasteiger partial charge in [0, 0.05) is 11.4 Å². The Kier molecular flexibility index (Phi) is 3.35. The Morgan fingerprint density at radius 2 is 1.81 bits per heavy atom. The molecule has 0 aromatic rings. The minimum Gasteiger partial charge on any atom is -0.275 e. The van der Waals surface area contributed by atoms with Crippen molar-refractivity contribution >= 4 is 11.4 Å². The third kappa shape index (κ3) is 2.23. The van der Waals surface area contributed by atoms with Crippen LogP contribution in [0.2, 0.25) is 0 Å². The van der Waals surface area contributed by atoms with E-state index in [4.69, 9.17) is 9.98 Å². The van der Waals surface area contributed by atoms with Gasteiger partial charge in [-0.15, -0.1) is 0 Å². The second-order valence-corrected chi connectivity index (χ2v) is 7.29. The zero-order chi connectivity index (χ0) is 14.4. The highest BCUT2D eigenvalue weighted by molar-refractivity contribution is 6.02. The van der Waals surface area contributed by atoms with Crippen molar-refractivity contribution in [3.63, 3.8) is 0 Å². The van der Waals surface area contributed by atoms with Gasteiger partial charge in [0.25, 0.3) is 0 Å². The quantitative estimate of drug-likeness (QED) is 0.712. The van der Waals surface area contributed by atoms with Crippen molar-refractivity contribution in [3.8, 4) is 0 Å². The van der Waals surface area contributed by atoms with Gasteiger partial charge < -0.3 is 0 Å². The number of nitrogens with zero attached hydrogens (tertiary/aromatic N) is 2. The maximum absolute atomic E-state index is 5.05. The lowest BCUT2D eigenvalue weighted by Gasteiger charge is -2.27. The van der Waals surface area contributed by atoms with Gasteiger partial charge in [-0.25, -0.2) is 0 Å². The summed E-state index contributed by atoms with van der Waals surface area (Å²) in [6.45, 7) is 4.40. The summed E-state index contributed by atoms with van der Waals surface area (Å²) < 4.78 is 0. The van der Waals surface area contributed by atoms with Crippen LogP contribution in [0.3, 0.4) is 0 Å². The first-order valence-corrected chi connectivity index (χ1v) is 8.81. The van der Waals surface area contributed by atoms with E-state index in [2.05, 4.69) is 26.0 Å². The average molecular weight is 282 g/mol. The summed E-state index contributed by atoms with van der Waals surface area (Å²) in [5, 5.41) is 0. The van der Waals surface area contributed by atoms with E-state index >= 15 is 0 Å². The van der Waals surface area contributed by atoms with E-state index in [1.54, 1.807) is 5.57 Å². The van der Waals surface area contributed by atoms with Crippen LogP contribution in [-0.4, -0.2) is 17.5 Å². The number of dihydropyridines is 1. The van der Waals surface area contributed by atoms with Gasteiger partial charge in [0.15, 0.2) is 0 Å². The zero-order valence-electron chi connectivity index (χ0n) is 13.3. The molecule has 0 spiro atoms. The highest BCUT2D eigenvalue weighted by Gasteiger charge is 2.46. The molecule has 0 aromatic heterocycles. The number of rotatable bonds is 4. The molecule has 2 bridgehead atoms. The summed E-state index contributed by atoms with van der Waals surface area (Å²) in [7, 11) is 0. The highest BCUT2D eigenvalue weighted by Crippen LogP contribution is 2.54. The van der Waals surface area contributed by atoms with Gasteiger partial charge in [-0.3, -0.25) is 9.98 Å². The minimum atomic E-state index is 0.270. The van der Waals surface area contributed by atoms with E-state index in [1.807, 2.05) is 0 Å². The molecule has 4 rings (SSSR count). The van der Waals surface area contributed by atoms with Crippen molar-refractivity contribution in [3.05, 3.63) is 23.4 Å². The molecule has 2 saturated carbocycles. The number of hydrogen-bond acceptors (Lipinski definition) is 2. The second kappa shape index (κ2) is 5.23. The standard InChI is InChI=1S/C19H26N2/c1-3-4-5-15-11-17-19(21-15)16(10-12(2)20-17)18-13-6-7-14(18)9-8-13/h10-11,13-14,18-19H,3-9H2,1-2H3. The van der Waals surface area contributed by atoms with Crippen LogP contribution in [0.1, 0.15) is 58.8 Å². The molecule has 2 heteroatoms. The summed E-state index contributed by atoms with van der Waals surface area (Å²) in [5.74, 6) is 2.67. The Morgan fingerprint density at radius 3 is 2.48 bits per heavy atom. The van der Waals surface area contributed by atoms with Crippen LogP contribution in [0.4, 0.5) is 0 Å². The van der Waals surface area contributed by atoms with Crippen molar-refractivity contribution in [1.82, 2.24) is 0 Å². The smallest absolute Gasteiger partial charge is 0.114 e. The third-order valence-electron chi connectivity index (χ3n) is 5.89. The van der Waals surface area contributed by atoms with Crippen LogP contribution in [-0.2, 0) is 0 Å². The van der Waals surface area contributed by atoms with E-state index in [-0.39, 0.29) is 6.04 Å². The SMILES string of the molecule is CCCCC1=NC2C(=C1)N=C(C)C=C2C1C2CCC1CC2. The summed E-state index contributed by atoms with van der Waals surface area (Å²) in [5.41, 5.74) is 5.30. The number of unbranched alkanes of at least 4 members (excludes halogenated alkanes) is 1. The van der Waals surface area contributed by atoms with Crippen LogP contribution in [0.5, 0.6) is 0 Å². The monoisotopic (exact) mass is 282 g/mol. The lowest BCUT2D eigenvalue weighted by atomic mass is 9.82. The molecule has 4 aliphatic rings. The molecule has 0 radical (unpaired) electrons. The maximum atomic E-state index is 5.05. The van der Waals surface area contributed by atoms with Crippen molar-refractivity contribution in [2.45, 2.75) is 64.8 Å². The van der Waals surface area contributed by atoms with Crippen LogP contribution in [0, 0.1) is 17.8 Å². The molecule has 0 saturated heterocycles. The third-order valence-corrected chi connectivity index (χ3v) is 5.89. The van der Waals surface area contributed by atoms with E-state index < -0.39 is 0 Å². The van der Waals surface area contributed by atoms with Crippen molar-refractivity contribution in [2.24, 2.45) is 27.7 Å². The normalized spacial score (nSPS) is 37.0. The Morgan fingerprint density at radius 1 is 1.10 bits per heavy atom. The summed E-state index contributed by atoms with van der Waals surface area (Å²) in [4.78, 5) is 9.83. The fourth-order valence-corrected chi connectivity index (χ4v) is 4.98. The second-order valence-electron chi connectivity index (χ2n) is 7.29. The van der Waals surface area contributed by atoms with Gasteiger partial charge in [0.2, 0.25) is 0 Å². The molecular weight excluding hydrogens is 256 g/mol. The predicted molar refractivity (Wildman–Crippen MR) is 89.0 cm³/mol.